The van der Waals surface area contributed by atoms with E-state index in [1.54, 1.807) is 24.1 Å². The molecule has 3 aromatic carbocycles. The van der Waals surface area contributed by atoms with Crippen molar-refractivity contribution < 1.29 is 31.8 Å². The molecule has 1 heterocycles. The number of rotatable bonds is 5. The summed E-state index contributed by atoms with van der Waals surface area (Å²) in [5.74, 6) is 0.328. The van der Waals surface area contributed by atoms with Crippen molar-refractivity contribution in [3.05, 3.63) is 88.7 Å². The van der Waals surface area contributed by atoms with Crippen molar-refractivity contribution in [3.63, 3.8) is 0 Å². The fourth-order valence-electron chi connectivity index (χ4n) is 4.13. The molecule has 0 aliphatic carbocycles. The van der Waals surface area contributed by atoms with Crippen LogP contribution in [0.5, 0.6) is 11.5 Å². The molecule has 34 heavy (non-hydrogen) atoms. The van der Waals surface area contributed by atoms with Gasteiger partial charge in [0.25, 0.3) is 5.91 Å². The number of carbonyl (C=O) groups excluding carboxylic acids is 1. The van der Waals surface area contributed by atoms with Gasteiger partial charge in [0.05, 0.1) is 20.3 Å². The van der Waals surface area contributed by atoms with Crippen LogP contribution in [0.25, 0.3) is 0 Å². The molecule has 0 N–H and O–H groups in total. The summed E-state index contributed by atoms with van der Waals surface area (Å²) in [5, 5.41) is 0. The van der Waals surface area contributed by atoms with Gasteiger partial charge in [-0.2, -0.15) is 13.2 Å². The molecule has 1 aliphatic rings. The van der Waals surface area contributed by atoms with Crippen LogP contribution in [0.3, 0.4) is 0 Å². The summed E-state index contributed by atoms with van der Waals surface area (Å²) < 4.78 is 62.5. The largest absolute Gasteiger partial charge is 0.493 e. The second kappa shape index (κ2) is 9.58. The Labute approximate surface area is 198 Å². The Bertz CT molecular complexity index is 1180. The van der Waals surface area contributed by atoms with E-state index in [1.165, 1.54) is 43.5 Å². The molecule has 1 aliphatic heterocycles. The molecule has 0 radical (unpaired) electrons. The lowest BCUT2D eigenvalue weighted by Crippen LogP contribution is -2.40. The summed E-state index contributed by atoms with van der Waals surface area (Å²) in [6, 6.07) is 14.4. The maximum absolute atomic E-state index is 13.6. The van der Waals surface area contributed by atoms with Crippen LogP contribution >= 0.6 is 11.8 Å². The van der Waals surface area contributed by atoms with Crippen LogP contribution in [0.2, 0.25) is 0 Å². The number of carbonyl (C=O) groups is 1. The summed E-state index contributed by atoms with van der Waals surface area (Å²) >= 11 is -0.232. The van der Waals surface area contributed by atoms with Gasteiger partial charge in [-0.3, -0.25) is 4.79 Å². The summed E-state index contributed by atoms with van der Waals surface area (Å²) in [6.45, 7) is 0.364. The molecular weight excluding hydrogens is 470 g/mol. The van der Waals surface area contributed by atoms with E-state index < -0.39 is 17.4 Å². The normalized spacial score (nSPS) is 15.6. The maximum atomic E-state index is 13.6. The Morgan fingerprint density at radius 2 is 1.59 bits per heavy atom. The van der Waals surface area contributed by atoms with Crippen LogP contribution in [-0.4, -0.2) is 37.1 Å². The summed E-state index contributed by atoms with van der Waals surface area (Å²) in [5.41, 5.74) is -1.66. The highest BCUT2D eigenvalue weighted by atomic mass is 32.2. The quantitative estimate of drug-likeness (QED) is 0.313. The average Bonchev–Trinajstić information content (AvgIpc) is 2.82. The zero-order chi connectivity index (χ0) is 24.5. The van der Waals surface area contributed by atoms with Gasteiger partial charge in [0, 0.05) is 17.0 Å². The molecule has 9 heteroatoms. The smallest absolute Gasteiger partial charge is 0.446 e. The second-order valence-electron chi connectivity index (χ2n) is 7.68. The molecule has 1 amide bonds. The van der Waals surface area contributed by atoms with Crippen LogP contribution < -0.4 is 9.47 Å². The first-order chi connectivity index (χ1) is 16.2. The highest BCUT2D eigenvalue weighted by Crippen LogP contribution is 2.42. The van der Waals surface area contributed by atoms with Crippen molar-refractivity contribution in [2.24, 2.45) is 0 Å². The monoisotopic (exact) mass is 491 g/mol. The topological polar surface area (TPSA) is 38.8 Å². The predicted octanol–water partition coefficient (Wildman–Crippen LogP) is 6.24. The third-order valence-corrected chi connectivity index (χ3v) is 6.39. The first-order valence-electron chi connectivity index (χ1n) is 10.4. The van der Waals surface area contributed by atoms with E-state index >= 15 is 0 Å². The fourth-order valence-corrected chi connectivity index (χ4v) is 4.67. The molecule has 0 unspecified atom stereocenters. The van der Waals surface area contributed by atoms with E-state index in [0.717, 1.165) is 11.1 Å². The maximum Gasteiger partial charge on any atom is 0.446 e. The zero-order valence-corrected chi connectivity index (χ0v) is 19.2. The highest BCUT2D eigenvalue weighted by Gasteiger charge is 2.34. The predicted molar refractivity (Wildman–Crippen MR) is 121 cm³/mol. The van der Waals surface area contributed by atoms with Gasteiger partial charge < -0.3 is 14.4 Å². The van der Waals surface area contributed by atoms with E-state index in [0.29, 0.717) is 30.0 Å². The van der Waals surface area contributed by atoms with Crippen molar-refractivity contribution in [1.29, 1.82) is 0 Å². The molecule has 178 valence electrons. The highest BCUT2D eigenvalue weighted by molar-refractivity contribution is 8.00. The minimum atomic E-state index is -4.41. The summed E-state index contributed by atoms with van der Waals surface area (Å²) in [6.07, 6.45) is 0.543. The van der Waals surface area contributed by atoms with Crippen molar-refractivity contribution in [2.75, 3.05) is 20.8 Å². The van der Waals surface area contributed by atoms with Crippen LogP contribution in [0.15, 0.2) is 65.6 Å². The Balaban J connectivity index is 1.74. The molecule has 0 saturated heterocycles. The summed E-state index contributed by atoms with van der Waals surface area (Å²) in [7, 11) is 3.06. The number of methoxy groups -OCH3 is 2. The lowest BCUT2D eigenvalue weighted by Gasteiger charge is -2.38. The first-order valence-corrected chi connectivity index (χ1v) is 11.2. The van der Waals surface area contributed by atoms with Gasteiger partial charge in [0.2, 0.25) is 0 Å². The van der Waals surface area contributed by atoms with Gasteiger partial charge in [-0.05, 0) is 83.4 Å². The number of fused-ring (bicyclic) bond motifs is 1. The number of ether oxygens (including phenoxy) is 2. The number of amides is 1. The number of benzene rings is 3. The minimum Gasteiger partial charge on any atom is -0.493 e. The Morgan fingerprint density at radius 1 is 0.971 bits per heavy atom. The number of nitrogens with zero attached hydrogens (tertiary/aromatic N) is 1. The molecule has 4 nitrogen and oxygen atoms in total. The van der Waals surface area contributed by atoms with Crippen LogP contribution in [0.4, 0.5) is 17.6 Å². The van der Waals surface area contributed by atoms with E-state index in [1.807, 2.05) is 12.1 Å². The number of hydrogen-bond donors (Lipinski definition) is 0. The van der Waals surface area contributed by atoms with Gasteiger partial charge >= 0.3 is 5.51 Å². The average molecular weight is 492 g/mol. The van der Waals surface area contributed by atoms with Gasteiger partial charge in [-0.15, -0.1) is 0 Å². The van der Waals surface area contributed by atoms with Crippen molar-refractivity contribution in [3.8, 4) is 11.5 Å². The number of hydrogen-bond acceptors (Lipinski definition) is 4. The third kappa shape index (κ3) is 4.99. The molecular formula is C25H21F4NO3S. The van der Waals surface area contributed by atoms with E-state index in [9.17, 15) is 22.4 Å². The van der Waals surface area contributed by atoms with Crippen LogP contribution in [-0.2, 0) is 6.42 Å². The van der Waals surface area contributed by atoms with Crippen molar-refractivity contribution in [1.82, 2.24) is 4.90 Å². The Hall–Kier alpha value is -3.20. The SMILES string of the molecule is COc1cc2c(cc1OC)[C@H](c1ccc(F)cc1)N(C(=O)c1ccc(SC(F)(F)F)cc1)CC2. The van der Waals surface area contributed by atoms with Crippen molar-refractivity contribution in [2.45, 2.75) is 22.9 Å². The van der Waals surface area contributed by atoms with Crippen molar-refractivity contribution >= 4 is 17.7 Å². The summed E-state index contributed by atoms with van der Waals surface area (Å²) in [4.78, 5) is 15.1. The Morgan fingerprint density at radius 3 is 2.18 bits per heavy atom. The second-order valence-corrected chi connectivity index (χ2v) is 8.82. The third-order valence-electron chi connectivity index (χ3n) is 5.66. The van der Waals surface area contributed by atoms with Gasteiger partial charge in [-0.25, -0.2) is 4.39 Å². The van der Waals surface area contributed by atoms with E-state index in [4.69, 9.17) is 9.47 Å². The molecule has 4 rings (SSSR count). The molecule has 0 fully saturated rings. The van der Waals surface area contributed by atoms with Gasteiger partial charge in [0.15, 0.2) is 11.5 Å². The number of halogens is 4. The molecule has 0 bridgehead atoms. The minimum absolute atomic E-state index is 0.0000410. The van der Waals surface area contributed by atoms with Gasteiger partial charge in [-0.1, -0.05) is 12.1 Å². The molecule has 0 aromatic heterocycles. The van der Waals surface area contributed by atoms with E-state index in [2.05, 4.69) is 0 Å². The number of alkyl halides is 3. The molecule has 0 spiro atoms. The van der Waals surface area contributed by atoms with Crippen LogP contribution in [0, 0.1) is 5.82 Å². The van der Waals surface area contributed by atoms with E-state index in [-0.39, 0.29) is 28.1 Å². The lowest BCUT2D eigenvalue weighted by molar-refractivity contribution is -0.0328. The van der Waals surface area contributed by atoms with Crippen LogP contribution in [0.1, 0.15) is 33.1 Å². The Kier molecular flexibility index (Phi) is 6.74. The molecule has 1 atom stereocenters. The molecule has 0 saturated carbocycles. The molecule has 3 aromatic rings. The zero-order valence-electron chi connectivity index (χ0n) is 18.4. The fraction of sp³-hybridized carbons (Fsp3) is 0.240. The standard InChI is InChI=1S/C25H21F4NO3S/c1-32-21-13-17-11-12-30(24(31)16-5-9-19(10-6-16)34-25(27,28)29)23(20(17)14-22(21)33-2)15-3-7-18(26)8-4-15/h3-10,13-14,23H,11-12H2,1-2H3/t23-/m0/s1. The first kappa shape index (κ1) is 23.9. The van der Waals surface area contributed by atoms with Gasteiger partial charge in [0.1, 0.15) is 5.82 Å². The number of thioether (sulfide) groups is 1. The lowest BCUT2D eigenvalue weighted by atomic mass is 9.87.